The van der Waals surface area contributed by atoms with Crippen LogP contribution in [-0.2, 0) is 0 Å². The van der Waals surface area contributed by atoms with E-state index in [1.807, 2.05) is 0 Å². The molecule has 29 heavy (non-hydrogen) atoms. The lowest BCUT2D eigenvalue weighted by Gasteiger charge is -2.32. The first-order chi connectivity index (χ1) is 13.2. The van der Waals surface area contributed by atoms with Gasteiger partial charge in [0.2, 0.25) is 0 Å². The van der Waals surface area contributed by atoms with E-state index in [1.54, 1.807) is 0 Å². The number of carbonyl (C=O) groups is 1. The molecule has 2 aromatic rings. The highest BCUT2D eigenvalue weighted by Gasteiger charge is 2.81. The Morgan fingerprint density at radius 2 is 1.03 bits per heavy atom. The van der Waals surface area contributed by atoms with E-state index in [9.17, 15) is 44.3 Å². The molecule has 156 valence electrons. The SMILES string of the molecule is O=C(/C(=C/C(F)(F)C(F)(F)C(F)(F)C(F)(F)F)c1ccccc1)c1ccccc1. The average Bonchev–Trinajstić information content (AvgIpc) is 2.66. The number of hydrogen-bond donors (Lipinski definition) is 0. The summed E-state index contributed by atoms with van der Waals surface area (Å²) in [5.41, 5.74) is -1.78. The fourth-order valence-corrected chi connectivity index (χ4v) is 2.30. The second-order valence-corrected chi connectivity index (χ2v) is 5.89. The van der Waals surface area contributed by atoms with Crippen LogP contribution in [-0.4, -0.2) is 29.7 Å². The van der Waals surface area contributed by atoms with Crippen molar-refractivity contribution >= 4 is 11.4 Å². The molecule has 10 heteroatoms. The number of hydrogen-bond acceptors (Lipinski definition) is 1. The maximum atomic E-state index is 14.1. The first kappa shape index (κ1) is 22.5. The van der Waals surface area contributed by atoms with Crippen molar-refractivity contribution in [3.63, 3.8) is 0 Å². The molecule has 0 aliphatic carbocycles. The molecule has 0 unspecified atom stereocenters. The summed E-state index contributed by atoms with van der Waals surface area (Å²) in [6.07, 6.45) is -7.79. The Labute approximate surface area is 158 Å². The van der Waals surface area contributed by atoms with Crippen molar-refractivity contribution in [2.45, 2.75) is 23.9 Å². The zero-order valence-corrected chi connectivity index (χ0v) is 14.2. The zero-order chi connectivity index (χ0) is 22.1. The third-order valence-corrected chi connectivity index (χ3v) is 3.86. The summed E-state index contributed by atoms with van der Waals surface area (Å²) < 4.78 is 119. The summed E-state index contributed by atoms with van der Waals surface area (Å²) in [4.78, 5) is 12.5. The van der Waals surface area contributed by atoms with E-state index in [4.69, 9.17) is 0 Å². The Balaban J connectivity index is 2.65. The quantitative estimate of drug-likeness (QED) is 0.296. The normalized spacial score (nSPS) is 14.0. The number of Topliss-reactive ketones (excluding diaryl/α,β-unsaturated/α-hetero) is 1. The largest absolute Gasteiger partial charge is 0.460 e. The molecule has 0 radical (unpaired) electrons. The van der Waals surface area contributed by atoms with Crippen LogP contribution in [0.4, 0.5) is 39.5 Å². The molecule has 0 aliphatic rings. The lowest BCUT2D eigenvalue weighted by atomic mass is 9.92. The van der Waals surface area contributed by atoms with Crippen LogP contribution in [0.25, 0.3) is 5.57 Å². The molecule has 2 rings (SSSR count). The molecule has 0 bridgehead atoms. The molecular formula is C19H11F9O. The summed E-state index contributed by atoms with van der Waals surface area (Å²) in [6, 6.07) is 12.3. The lowest BCUT2D eigenvalue weighted by Crippen LogP contribution is -2.60. The minimum absolute atomic E-state index is 0.260. The van der Waals surface area contributed by atoms with Crippen LogP contribution in [0.1, 0.15) is 15.9 Å². The van der Waals surface area contributed by atoms with Crippen LogP contribution in [0.2, 0.25) is 0 Å². The second-order valence-electron chi connectivity index (χ2n) is 5.89. The molecule has 0 atom stereocenters. The van der Waals surface area contributed by atoms with Gasteiger partial charge in [0, 0.05) is 17.2 Å². The van der Waals surface area contributed by atoms with Crippen LogP contribution >= 0.6 is 0 Å². The van der Waals surface area contributed by atoms with E-state index in [1.165, 1.54) is 36.4 Å². The predicted octanol–water partition coefficient (Wildman–Crippen LogP) is 6.42. The van der Waals surface area contributed by atoms with Crippen molar-refractivity contribution in [1.82, 2.24) is 0 Å². The van der Waals surface area contributed by atoms with Gasteiger partial charge in [-0.3, -0.25) is 4.79 Å². The van der Waals surface area contributed by atoms with Crippen molar-refractivity contribution in [2.75, 3.05) is 0 Å². The van der Waals surface area contributed by atoms with E-state index in [0.29, 0.717) is 0 Å². The Morgan fingerprint density at radius 3 is 1.45 bits per heavy atom. The van der Waals surface area contributed by atoms with Crippen molar-refractivity contribution in [3.8, 4) is 0 Å². The molecule has 2 aromatic carbocycles. The average molecular weight is 426 g/mol. The van der Waals surface area contributed by atoms with Gasteiger partial charge in [-0.1, -0.05) is 60.7 Å². The number of carbonyl (C=O) groups excluding carboxylic acids is 1. The topological polar surface area (TPSA) is 17.1 Å². The van der Waals surface area contributed by atoms with Crippen molar-refractivity contribution in [2.24, 2.45) is 0 Å². The maximum absolute atomic E-state index is 14.1. The molecule has 0 aromatic heterocycles. The Kier molecular flexibility index (Phi) is 5.87. The molecule has 0 aliphatic heterocycles. The molecule has 0 amide bonds. The number of rotatable bonds is 6. The lowest BCUT2D eigenvalue weighted by molar-refractivity contribution is -0.388. The molecule has 0 fully saturated rings. The number of ketones is 1. The summed E-state index contributed by atoms with van der Waals surface area (Å²) in [5, 5.41) is 0. The maximum Gasteiger partial charge on any atom is 0.460 e. The number of alkyl halides is 9. The van der Waals surface area contributed by atoms with Gasteiger partial charge in [0.1, 0.15) is 0 Å². The fraction of sp³-hybridized carbons (Fsp3) is 0.211. The van der Waals surface area contributed by atoms with Crippen LogP contribution in [0, 0.1) is 0 Å². The number of benzene rings is 2. The molecule has 0 saturated heterocycles. The van der Waals surface area contributed by atoms with Gasteiger partial charge in [-0.05, 0) is 5.56 Å². The Hall–Kier alpha value is -2.78. The van der Waals surface area contributed by atoms with E-state index in [-0.39, 0.29) is 11.1 Å². The number of allylic oxidation sites excluding steroid dienone is 2. The highest BCUT2D eigenvalue weighted by atomic mass is 19.4. The van der Waals surface area contributed by atoms with Gasteiger partial charge >= 0.3 is 23.9 Å². The van der Waals surface area contributed by atoms with Gasteiger partial charge in [0.15, 0.2) is 5.78 Å². The highest BCUT2D eigenvalue weighted by molar-refractivity contribution is 6.29. The monoisotopic (exact) mass is 426 g/mol. The zero-order valence-electron chi connectivity index (χ0n) is 14.2. The smallest absolute Gasteiger partial charge is 0.289 e. The molecule has 0 saturated carbocycles. The molecule has 0 N–H and O–H groups in total. The van der Waals surface area contributed by atoms with Gasteiger partial charge < -0.3 is 0 Å². The summed E-state index contributed by atoms with van der Waals surface area (Å²) in [6.45, 7) is 0. The second kappa shape index (κ2) is 7.57. The first-order valence-corrected chi connectivity index (χ1v) is 7.80. The van der Waals surface area contributed by atoms with Crippen molar-refractivity contribution in [1.29, 1.82) is 0 Å². The van der Waals surface area contributed by atoms with Crippen LogP contribution in [0.5, 0.6) is 0 Å². The minimum Gasteiger partial charge on any atom is -0.289 e. The van der Waals surface area contributed by atoms with E-state index >= 15 is 0 Å². The van der Waals surface area contributed by atoms with Crippen molar-refractivity contribution < 1.29 is 44.3 Å². The minimum atomic E-state index is -7.04. The molecular weight excluding hydrogens is 415 g/mol. The molecule has 1 nitrogen and oxygen atoms in total. The van der Waals surface area contributed by atoms with Crippen LogP contribution in [0.3, 0.4) is 0 Å². The van der Waals surface area contributed by atoms with Gasteiger partial charge in [-0.25, -0.2) is 0 Å². The first-order valence-electron chi connectivity index (χ1n) is 7.80. The summed E-state index contributed by atoms with van der Waals surface area (Å²) >= 11 is 0. The predicted molar refractivity (Wildman–Crippen MR) is 86.1 cm³/mol. The van der Waals surface area contributed by atoms with Gasteiger partial charge in [0.25, 0.3) is 0 Å². The van der Waals surface area contributed by atoms with E-state index in [0.717, 1.165) is 24.3 Å². The van der Waals surface area contributed by atoms with E-state index < -0.39 is 41.4 Å². The van der Waals surface area contributed by atoms with Gasteiger partial charge in [0.05, 0.1) is 0 Å². The fourth-order valence-electron chi connectivity index (χ4n) is 2.30. The molecule has 0 spiro atoms. The molecule has 0 heterocycles. The van der Waals surface area contributed by atoms with Crippen LogP contribution < -0.4 is 0 Å². The Morgan fingerprint density at radius 1 is 0.621 bits per heavy atom. The summed E-state index contributed by atoms with van der Waals surface area (Å²) in [5.74, 6) is -21.2. The number of halogens is 9. The standard InChI is InChI=1S/C19H11F9O/c20-16(21,17(22,23)18(24,25)19(26,27)28)11-14(12-7-3-1-4-8-12)15(29)13-9-5-2-6-10-13/h1-11H/b14-11+. The highest BCUT2D eigenvalue weighted by Crippen LogP contribution is 2.54. The third-order valence-electron chi connectivity index (χ3n) is 3.86. The third kappa shape index (κ3) is 4.15. The summed E-state index contributed by atoms with van der Waals surface area (Å²) in [7, 11) is 0. The van der Waals surface area contributed by atoms with Crippen LogP contribution in [0.15, 0.2) is 66.7 Å². The Bertz CT molecular complexity index is 885. The van der Waals surface area contributed by atoms with Gasteiger partial charge in [-0.2, -0.15) is 39.5 Å². The van der Waals surface area contributed by atoms with Crippen molar-refractivity contribution in [3.05, 3.63) is 77.9 Å². The van der Waals surface area contributed by atoms with E-state index in [2.05, 4.69) is 0 Å². The van der Waals surface area contributed by atoms with Gasteiger partial charge in [-0.15, -0.1) is 0 Å².